The molecule has 4 heterocycles. The van der Waals surface area contributed by atoms with Gasteiger partial charge >= 0.3 is 16.2 Å². The van der Waals surface area contributed by atoms with Crippen molar-refractivity contribution in [1.29, 1.82) is 0 Å². The molecule has 0 spiro atoms. The summed E-state index contributed by atoms with van der Waals surface area (Å²) in [6, 6.07) is 22.2. The first-order chi connectivity index (χ1) is 38.4. The van der Waals surface area contributed by atoms with E-state index in [1.807, 2.05) is 65.3 Å². The molecule has 6 N–H and O–H groups in total. The van der Waals surface area contributed by atoms with Crippen molar-refractivity contribution in [2.45, 2.75) is 89.1 Å². The van der Waals surface area contributed by atoms with E-state index in [9.17, 15) is 42.3 Å². The number of nitrogens with one attached hydrogen (secondary N) is 5. The molecule has 10 rings (SSSR count). The molecule has 0 radical (unpaired) electrons. The van der Waals surface area contributed by atoms with Gasteiger partial charge < -0.3 is 45.0 Å². The molecule has 2 saturated carbocycles. The zero-order valence-electron chi connectivity index (χ0n) is 45.9. The minimum absolute atomic E-state index is 0.132. The standard InChI is InChI=1S/C31H37N5O6S.C29H31N3O5/c1-32-27(37)17-33-30(38)22-14-21-15-23(42-4)11-13-24(21)29-28(19-8-6-5-7-9-19)25-12-10-20(16-26(25)36(29)18-22)31(39)34-43(40,41)35(2)3;1-30-25(33)15-31-28(34)20-12-19-13-21(37-2)9-11-22(19)27-26(17-6-4-3-5-7-17)23-10-8-18(29(35)36)14-24(23)32(27)16-20/h10-16,19H,5-9,17-18H2,1-4H3,(H,32,37)(H,33,38)(H,34,39);8-14,17H,3-7,15-16H2,1-2H3,(H,30,33)(H,31,34)(H,35,36). The van der Waals surface area contributed by atoms with Crippen molar-refractivity contribution in [3.05, 3.63) is 117 Å². The SMILES string of the molecule is CNC(=O)CNC(=O)C1=Cc2cc(OC)ccc2-c2c(C3CCCCC3)c3ccc(C(=O)NS(=O)(=O)N(C)C)cc3n2C1.CNC(=O)CNC(=O)C1=Cc2cc(OC)ccc2-c2c(C3CCCCC3)c3ccc(C(=O)O)cc3n2C1. The lowest BCUT2D eigenvalue weighted by atomic mass is 9.81. The maximum Gasteiger partial charge on any atom is 0.335 e. The smallest absolute Gasteiger partial charge is 0.335 e. The Balaban J connectivity index is 0.000000196. The number of aromatic carboxylic acids is 1. The lowest BCUT2D eigenvalue weighted by molar-refractivity contribution is -0.124. The summed E-state index contributed by atoms with van der Waals surface area (Å²) in [5.41, 5.74) is 10.7. The van der Waals surface area contributed by atoms with E-state index in [0.29, 0.717) is 28.6 Å². The van der Waals surface area contributed by atoms with Crippen LogP contribution in [0.2, 0.25) is 0 Å². The predicted molar refractivity (Wildman–Crippen MR) is 307 cm³/mol. The van der Waals surface area contributed by atoms with E-state index in [4.69, 9.17) is 9.47 Å². The number of ether oxygens (including phenoxy) is 2. The Bertz CT molecular complexity index is 3640. The Morgan fingerprint density at radius 2 is 1.01 bits per heavy atom. The largest absolute Gasteiger partial charge is 0.497 e. The normalized spacial score (nSPS) is 15.2. The van der Waals surface area contributed by atoms with Crippen LogP contribution in [0.3, 0.4) is 0 Å². The van der Waals surface area contributed by atoms with E-state index >= 15 is 0 Å². The maximum absolute atomic E-state index is 13.4. The van der Waals surface area contributed by atoms with Crippen molar-refractivity contribution < 1.29 is 51.8 Å². The van der Waals surface area contributed by atoms with Gasteiger partial charge in [-0.25, -0.2) is 9.52 Å². The lowest BCUT2D eigenvalue weighted by Gasteiger charge is -2.24. The fraction of sp³-hybridized carbons (Fsp3) is 0.367. The van der Waals surface area contributed by atoms with Gasteiger partial charge in [-0.15, -0.1) is 0 Å². The molecule has 0 atom stereocenters. The number of nitrogens with zero attached hydrogens (tertiary/aromatic N) is 3. The molecule has 0 saturated heterocycles. The van der Waals surface area contributed by atoms with Crippen LogP contribution >= 0.6 is 0 Å². The predicted octanol–water partition coefficient (Wildman–Crippen LogP) is 7.48. The molecular formula is C60H68N8O11S. The van der Waals surface area contributed by atoms with Gasteiger partial charge in [-0.05, 0) is 133 Å². The molecular weight excluding hydrogens is 1040 g/mol. The van der Waals surface area contributed by atoms with Crippen molar-refractivity contribution in [2.24, 2.45) is 0 Å². The number of benzene rings is 4. The number of aromatic nitrogens is 2. The van der Waals surface area contributed by atoms with Crippen LogP contribution in [-0.2, 0) is 42.5 Å². The number of rotatable bonds is 14. The average molecular weight is 1110 g/mol. The van der Waals surface area contributed by atoms with Crippen molar-refractivity contribution >= 4 is 79.7 Å². The molecule has 4 aromatic carbocycles. The van der Waals surface area contributed by atoms with Crippen LogP contribution in [0.15, 0.2) is 83.9 Å². The summed E-state index contributed by atoms with van der Waals surface area (Å²) < 4.78 is 43.0. The topological polar surface area (TPSA) is 248 Å². The van der Waals surface area contributed by atoms with E-state index in [1.165, 1.54) is 46.6 Å². The highest BCUT2D eigenvalue weighted by molar-refractivity contribution is 7.87. The number of carboxylic acid groups (broad SMARTS) is 1. The minimum Gasteiger partial charge on any atom is -0.497 e. The molecule has 2 aliphatic heterocycles. The molecule has 0 unspecified atom stereocenters. The van der Waals surface area contributed by atoms with Gasteiger partial charge in [-0.2, -0.15) is 12.7 Å². The van der Waals surface area contributed by atoms with E-state index in [0.717, 1.165) is 117 Å². The third kappa shape index (κ3) is 11.6. The molecule has 0 bridgehead atoms. The number of carbonyl (C=O) groups excluding carboxylic acids is 5. The van der Waals surface area contributed by atoms with Crippen molar-refractivity contribution in [1.82, 2.24) is 39.4 Å². The molecule has 2 aliphatic carbocycles. The van der Waals surface area contributed by atoms with Gasteiger partial charge in [0.2, 0.25) is 23.6 Å². The molecule has 2 fully saturated rings. The van der Waals surface area contributed by atoms with Crippen LogP contribution in [0.25, 0.3) is 56.5 Å². The van der Waals surface area contributed by atoms with Crippen molar-refractivity contribution in [3.63, 3.8) is 0 Å². The van der Waals surface area contributed by atoms with Crippen LogP contribution in [0, 0.1) is 0 Å². The Hall–Kier alpha value is -8.23. The summed E-state index contributed by atoms with van der Waals surface area (Å²) in [6.07, 6.45) is 14.8. The molecule has 5 amide bonds. The second-order valence-electron chi connectivity index (χ2n) is 20.8. The van der Waals surface area contributed by atoms with Crippen LogP contribution < -0.4 is 35.5 Å². The van der Waals surface area contributed by atoms with Gasteiger partial charge in [0.1, 0.15) is 11.5 Å². The van der Waals surface area contributed by atoms with Crippen molar-refractivity contribution in [2.75, 3.05) is 55.5 Å². The summed E-state index contributed by atoms with van der Waals surface area (Å²) in [6.45, 7) is 0.122. The first-order valence-electron chi connectivity index (χ1n) is 27.0. The molecule has 4 aliphatic rings. The quantitative estimate of drug-likeness (QED) is 0.0624. The Morgan fingerprint density at radius 1 is 0.588 bits per heavy atom. The third-order valence-electron chi connectivity index (χ3n) is 15.7. The van der Waals surface area contributed by atoms with Gasteiger partial charge in [-0.1, -0.05) is 50.7 Å². The van der Waals surface area contributed by atoms with Gasteiger partial charge in [0.15, 0.2) is 0 Å². The van der Waals surface area contributed by atoms with Gasteiger partial charge in [0.25, 0.3) is 5.91 Å². The summed E-state index contributed by atoms with van der Waals surface area (Å²) in [7, 11) is 4.92. The monoisotopic (exact) mass is 1110 g/mol. The first kappa shape index (κ1) is 56.5. The number of amides is 5. The zero-order chi connectivity index (χ0) is 57.0. The molecule has 80 heavy (non-hydrogen) atoms. The fourth-order valence-corrected chi connectivity index (χ4v) is 12.2. The lowest BCUT2D eigenvalue weighted by Crippen LogP contribution is -2.39. The average Bonchev–Trinajstić information content (AvgIpc) is 4.08. The van der Waals surface area contributed by atoms with Crippen LogP contribution in [0.4, 0.5) is 0 Å². The highest BCUT2D eigenvalue weighted by Crippen LogP contribution is 2.49. The molecule has 19 nitrogen and oxygen atoms in total. The van der Waals surface area contributed by atoms with Gasteiger partial charge in [-0.3, -0.25) is 24.0 Å². The second kappa shape index (κ2) is 24.0. The van der Waals surface area contributed by atoms with E-state index in [2.05, 4.69) is 30.6 Å². The number of fused-ring (bicyclic) bond motifs is 10. The Morgan fingerprint density at radius 3 is 1.41 bits per heavy atom. The zero-order valence-corrected chi connectivity index (χ0v) is 46.7. The summed E-state index contributed by atoms with van der Waals surface area (Å²) in [5.74, 6) is -1.14. The molecule has 6 aromatic rings. The summed E-state index contributed by atoms with van der Waals surface area (Å²) in [4.78, 5) is 75.4. The minimum atomic E-state index is -4.00. The maximum atomic E-state index is 13.4. The van der Waals surface area contributed by atoms with Crippen LogP contribution in [-0.4, -0.2) is 118 Å². The Labute approximate surface area is 464 Å². The first-order valence-corrected chi connectivity index (χ1v) is 28.4. The number of likely N-dealkylation sites (N-methyl/N-ethyl adjacent to an activating group) is 2. The highest BCUT2D eigenvalue weighted by atomic mass is 32.2. The number of hydrogen-bond donors (Lipinski definition) is 6. The van der Waals surface area contributed by atoms with Gasteiger partial charge in [0, 0.05) is 77.8 Å². The van der Waals surface area contributed by atoms with Crippen molar-refractivity contribution in [3.8, 4) is 34.0 Å². The molecule has 420 valence electrons. The summed E-state index contributed by atoms with van der Waals surface area (Å²) in [5, 5.41) is 22.1. The van der Waals surface area contributed by atoms with Gasteiger partial charge in [0.05, 0.1) is 57.3 Å². The molecule has 20 heteroatoms. The number of methoxy groups -OCH3 is 2. The van der Waals surface area contributed by atoms with E-state index in [-0.39, 0.29) is 60.9 Å². The molecule has 2 aromatic heterocycles. The highest BCUT2D eigenvalue weighted by Gasteiger charge is 2.33. The van der Waals surface area contributed by atoms with E-state index in [1.54, 1.807) is 38.5 Å². The third-order valence-corrected chi connectivity index (χ3v) is 17.2. The number of carbonyl (C=O) groups is 6. The Kier molecular flexibility index (Phi) is 17.0. The number of hydrogen-bond acceptors (Lipinski definition) is 10. The number of carboxylic acids is 1. The van der Waals surface area contributed by atoms with Crippen LogP contribution in [0.1, 0.15) is 119 Å². The summed E-state index contributed by atoms with van der Waals surface area (Å²) >= 11 is 0. The van der Waals surface area contributed by atoms with Crippen LogP contribution in [0.5, 0.6) is 11.5 Å². The van der Waals surface area contributed by atoms with E-state index < -0.39 is 28.0 Å². The second-order valence-corrected chi connectivity index (χ2v) is 22.7. The fourth-order valence-electron chi connectivity index (χ4n) is 11.6.